The lowest BCUT2D eigenvalue weighted by atomic mass is 10.1. The van der Waals surface area contributed by atoms with E-state index in [1.165, 1.54) is 16.4 Å². The first kappa shape index (κ1) is 18.1. The SMILES string of the molecule is Cc1ccc(N(Cc2ccc(F)cc2)S(=O)(=O)c2ccccc2)cc1C. The van der Waals surface area contributed by atoms with Crippen LogP contribution in [0.1, 0.15) is 16.7 Å². The summed E-state index contributed by atoms with van der Waals surface area (Å²) in [5.74, 6) is -0.350. The van der Waals surface area contributed by atoms with Crippen LogP contribution < -0.4 is 4.31 Å². The average molecular weight is 369 g/mol. The minimum atomic E-state index is -3.75. The van der Waals surface area contributed by atoms with Gasteiger partial charge in [-0.2, -0.15) is 0 Å². The maximum Gasteiger partial charge on any atom is 0.264 e. The smallest absolute Gasteiger partial charge is 0.262 e. The van der Waals surface area contributed by atoms with Crippen molar-refractivity contribution < 1.29 is 12.8 Å². The minimum absolute atomic E-state index is 0.125. The van der Waals surface area contributed by atoms with Gasteiger partial charge in [-0.05, 0) is 66.9 Å². The molecule has 0 unspecified atom stereocenters. The predicted octanol–water partition coefficient (Wildman–Crippen LogP) is 4.84. The van der Waals surface area contributed by atoms with E-state index in [4.69, 9.17) is 0 Å². The van der Waals surface area contributed by atoms with Gasteiger partial charge in [-0.15, -0.1) is 0 Å². The summed E-state index contributed by atoms with van der Waals surface area (Å²) in [6, 6.07) is 19.8. The van der Waals surface area contributed by atoms with Gasteiger partial charge in [0.15, 0.2) is 0 Å². The van der Waals surface area contributed by atoms with Crippen molar-refractivity contribution >= 4 is 15.7 Å². The summed E-state index contributed by atoms with van der Waals surface area (Å²) in [7, 11) is -3.75. The van der Waals surface area contributed by atoms with E-state index in [0.29, 0.717) is 11.3 Å². The first-order chi connectivity index (χ1) is 12.4. The molecule has 0 atom stereocenters. The summed E-state index contributed by atoms with van der Waals surface area (Å²) in [6.07, 6.45) is 0. The van der Waals surface area contributed by atoms with Crippen molar-refractivity contribution in [3.63, 3.8) is 0 Å². The Hall–Kier alpha value is -2.66. The maximum atomic E-state index is 13.3. The van der Waals surface area contributed by atoms with Gasteiger partial charge >= 0.3 is 0 Å². The second-order valence-electron chi connectivity index (χ2n) is 6.22. The topological polar surface area (TPSA) is 37.4 Å². The molecule has 26 heavy (non-hydrogen) atoms. The molecule has 0 radical (unpaired) electrons. The third-order valence-corrected chi connectivity index (χ3v) is 6.14. The Morgan fingerprint density at radius 1 is 0.846 bits per heavy atom. The van der Waals surface area contributed by atoms with Crippen molar-refractivity contribution in [3.8, 4) is 0 Å². The Kier molecular flexibility index (Phi) is 5.09. The highest BCUT2D eigenvalue weighted by atomic mass is 32.2. The number of halogens is 1. The number of hydrogen-bond donors (Lipinski definition) is 0. The van der Waals surface area contributed by atoms with Crippen LogP contribution in [-0.2, 0) is 16.6 Å². The van der Waals surface area contributed by atoms with Crippen LogP contribution in [0.15, 0.2) is 77.7 Å². The third kappa shape index (κ3) is 3.78. The van der Waals surface area contributed by atoms with E-state index < -0.39 is 10.0 Å². The molecule has 0 aliphatic rings. The average Bonchev–Trinajstić information content (AvgIpc) is 2.64. The van der Waals surface area contributed by atoms with Gasteiger partial charge in [-0.25, -0.2) is 12.8 Å². The fourth-order valence-electron chi connectivity index (χ4n) is 2.67. The van der Waals surface area contributed by atoms with Crippen LogP contribution in [0.2, 0.25) is 0 Å². The molecule has 5 heteroatoms. The zero-order valence-corrected chi connectivity index (χ0v) is 15.5. The Morgan fingerprint density at radius 2 is 1.50 bits per heavy atom. The number of sulfonamides is 1. The van der Waals surface area contributed by atoms with Gasteiger partial charge in [0.2, 0.25) is 0 Å². The van der Waals surface area contributed by atoms with Crippen LogP contribution in [0.25, 0.3) is 0 Å². The fourth-order valence-corrected chi connectivity index (χ4v) is 4.14. The lowest BCUT2D eigenvalue weighted by Gasteiger charge is -2.25. The van der Waals surface area contributed by atoms with Gasteiger partial charge < -0.3 is 0 Å². The molecule has 0 heterocycles. The van der Waals surface area contributed by atoms with Gasteiger partial charge in [0, 0.05) is 0 Å². The summed E-state index contributed by atoms with van der Waals surface area (Å²) < 4.78 is 41.1. The molecule has 3 nitrogen and oxygen atoms in total. The molecule has 0 amide bonds. The van der Waals surface area contributed by atoms with E-state index in [2.05, 4.69) is 0 Å². The van der Waals surface area contributed by atoms with Crippen LogP contribution >= 0.6 is 0 Å². The first-order valence-corrected chi connectivity index (χ1v) is 9.71. The number of hydrogen-bond acceptors (Lipinski definition) is 2. The lowest BCUT2D eigenvalue weighted by Crippen LogP contribution is -2.30. The molecule has 0 aliphatic heterocycles. The second-order valence-corrected chi connectivity index (χ2v) is 8.08. The van der Waals surface area contributed by atoms with Crippen LogP contribution in [-0.4, -0.2) is 8.42 Å². The molecule has 0 bridgehead atoms. The van der Waals surface area contributed by atoms with Gasteiger partial charge in [0.1, 0.15) is 5.82 Å². The Labute approximate surface area is 153 Å². The fraction of sp³-hybridized carbons (Fsp3) is 0.143. The van der Waals surface area contributed by atoms with Crippen LogP contribution in [0.5, 0.6) is 0 Å². The van der Waals surface area contributed by atoms with Gasteiger partial charge in [-0.3, -0.25) is 4.31 Å². The standard InChI is InChI=1S/C21H20FNO2S/c1-16-8-13-20(14-17(16)2)23(15-18-9-11-19(22)12-10-18)26(24,25)21-6-4-3-5-7-21/h3-14H,15H2,1-2H3. The highest BCUT2D eigenvalue weighted by Gasteiger charge is 2.25. The van der Waals surface area contributed by atoms with Crippen molar-refractivity contribution in [1.82, 2.24) is 0 Å². The second kappa shape index (κ2) is 7.30. The number of rotatable bonds is 5. The van der Waals surface area contributed by atoms with Crippen molar-refractivity contribution in [2.45, 2.75) is 25.3 Å². The zero-order valence-electron chi connectivity index (χ0n) is 14.7. The summed E-state index contributed by atoms with van der Waals surface area (Å²) in [6.45, 7) is 4.05. The predicted molar refractivity (Wildman–Crippen MR) is 102 cm³/mol. The molecule has 0 N–H and O–H groups in total. The van der Waals surface area contributed by atoms with E-state index >= 15 is 0 Å². The van der Waals surface area contributed by atoms with E-state index in [-0.39, 0.29) is 17.3 Å². The minimum Gasteiger partial charge on any atom is -0.262 e. The number of anilines is 1. The highest BCUT2D eigenvalue weighted by Crippen LogP contribution is 2.27. The molecule has 3 aromatic carbocycles. The molecule has 0 spiro atoms. The van der Waals surface area contributed by atoms with Crippen LogP contribution in [0, 0.1) is 19.7 Å². The van der Waals surface area contributed by atoms with Crippen LogP contribution in [0.4, 0.5) is 10.1 Å². The summed E-state index contributed by atoms with van der Waals surface area (Å²) in [5, 5.41) is 0. The van der Waals surface area contributed by atoms with Crippen LogP contribution in [0.3, 0.4) is 0 Å². The van der Waals surface area contributed by atoms with Gasteiger partial charge in [0.05, 0.1) is 17.1 Å². The highest BCUT2D eigenvalue weighted by molar-refractivity contribution is 7.92. The molecular weight excluding hydrogens is 349 g/mol. The molecule has 0 fully saturated rings. The van der Waals surface area contributed by atoms with Crippen molar-refractivity contribution in [2.75, 3.05) is 4.31 Å². The van der Waals surface area contributed by atoms with Gasteiger partial charge in [-0.1, -0.05) is 36.4 Å². The lowest BCUT2D eigenvalue weighted by molar-refractivity contribution is 0.590. The Bertz CT molecular complexity index is 1000. The number of nitrogens with zero attached hydrogens (tertiary/aromatic N) is 1. The normalized spacial score (nSPS) is 11.3. The molecule has 0 aliphatic carbocycles. The molecule has 134 valence electrons. The van der Waals surface area contributed by atoms with E-state index in [9.17, 15) is 12.8 Å². The third-order valence-electron chi connectivity index (χ3n) is 4.35. The zero-order chi connectivity index (χ0) is 18.7. The molecular formula is C21H20FNO2S. The van der Waals surface area contributed by atoms with E-state index in [1.807, 2.05) is 26.0 Å². The summed E-state index contributed by atoms with van der Waals surface area (Å²) >= 11 is 0. The quantitative estimate of drug-likeness (QED) is 0.645. The van der Waals surface area contributed by atoms with Crippen molar-refractivity contribution in [1.29, 1.82) is 0 Å². The molecule has 3 rings (SSSR count). The van der Waals surface area contributed by atoms with E-state index in [0.717, 1.165) is 11.1 Å². The number of aryl methyl sites for hydroxylation is 2. The number of benzene rings is 3. The molecule has 0 saturated heterocycles. The largest absolute Gasteiger partial charge is 0.264 e. The maximum absolute atomic E-state index is 13.3. The Balaban J connectivity index is 2.09. The molecule has 0 aromatic heterocycles. The van der Waals surface area contributed by atoms with Crippen molar-refractivity contribution in [2.24, 2.45) is 0 Å². The van der Waals surface area contributed by atoms with Gasteiger partial charge in [0.25, 0.3) is 10.0 Å². The summed E-state index contributed by atoms with van der Waals surface area (Å²) in [5.41, 5.74) is 3.40. The first-order valence-electron chi connectivity index (χ1n) is 8.27. The Morgan fingerprint density at radius 3 is 2.12 bits per heavy atom. The monoisotopic (exact) mass is 369 g/mol. The van der Waals surface area contributed by atoms with E-state index in [1.54, 1.807) is 48.5 Å². The van der Waals surface area contributed by atoms with Crippen molar-refractivity contribution in [3.05, 3.63) is 95.3 Å². The molecule has 3 aromatic rings. The summed E-state index contributed by atoms with van der Waals surface area (Å²) in [4.78, 5) is 0.223. The molecule has 0 saturated carbocycles.